The topological polar surface area (TPSA) is 92.3 Å². The Kier molecular flexibility index (Phi) is 5.12. The largest absolute Gasteiger partial charge is 0.467 e. The molecule has 1 amide bonds. The smallest absolute Gasteiger partial charge is 0.312 e. The third kappa shape index (κ3) is 3.75. The zero-order valence-electron chi connectivity index (χ0n) is 18.8. The standard InChI is InChI=1S/C26H27ClN2O5/c27-19-5-3-18(4-6-19)20-9-21(22-2-1-7-33-22)29(28-20)23(30)14-34-24(31)25-10-16-8-17(11-25)13-26(32,12-16)15-25/h1-7,16-17,21,32H,8-15H2/t16-,17-,21+,25?,26?/m0/s1. The lowest BCUT2D eigenvalue weighted by atomic mass is 9.48. The molecule has 4 fully saturated rings. The average Bonchev–Trinajstić information content (AvgIpc) is 3.46. The van der Waals surface area contributed by atoms with Gasteiger partial charge in [-0.25, -0.2) is 5.01 Å². The van der Waals surface area contributed by atoms with E-state index < -0.39 is 23.0 Å². The molecule has 4 aliphatic carbocycles. The zero-order chi connectivity index (χ0) is 23.5. The highest BCUT2D eigenvalue weighted by Gasteiger charge is 2.61. The molecule has 0 unspecified atom stereocenters. The van der Waals surface area contributed by atoms with Crippen molar-refractivity contribution in [1.29, 1.82) is 0 Å². The van der Waals surface area contributed by atoms with Gasteiger partial charge in [0.1, 0.15) is 11.8 Å². The molecule has 5 aliphatic rings. The molecule has 4 saturated carbocycles. The highest BCUT2D eigenvalue weighted by Crippen LogP contribution is 2.62. The van der Waals surface area contributed by atoms with Crippen molar-refractivity contribution in [2.24, 2.45) is 22.4 Å². The van der Waals surface area contributed by atoms with Crippen LogP contribution in [0.1, 0.15) is 62.3 Å². The van der Waals surface area contributed by atoms with Crippen LogP contribution in [-0.2, 0) is 14.3 Å². The molecule has 7 nitrogen and oxygen atoms in total. The van der Waals surface area contributed by atoms with Gasteiger partial charge in [-0.3, -0.25) is 9.59 Å². The lowest BCUT2D eigenvalue weighted by Crippen LogP contribution is -2.58. The van der Waals surface area contributed by atoms with Crippen LogP contribution in [0.2, 0.25) is 5.02 Å². The summed E-state index contributed by atoms with van der Waals surface area (Å²) in [6.07, 6.45) is 6.61. The Balaban J connectivity index is 1.18. The third-order valence-electron chi connectivity index (χ3n) is 8.00. The maximum Gasteiger partial charge on any atom is 0.312 e. The van der Waals surface area contributed by atoms with Gasteiger partial charge in [-0.2, -0.15) is 5.10 Å². The van der Waals surface area contributed by atoms with Crippen molar-refractivity contribution in [3.63, 3.8) is 0 Å². The third-order valence-corrected chi connectivity index (χ3v) is 8.26. The molecule has 1 aromatic heterocycles. The predicted molar refractivity (Wildman–Crippen MR) is 124 cm³/mol. The van der Waals surface area contributed by atoms with E-state index in [0.717, 1.165) is 43.4 Å². The molecule has 1 aliphatic heterocycles. The number of esters is 1. The van der Waals surface area contributed by atoms with E-state index in [9.17, 15) is 14.7 Å². The van der Waals surface area contributed by atoms with Crippen LogP contribution in [0.15, 0.2) is 52.2 Å². The summed E-state index contributed by atoms with van der Waals surface area (Å²) in [5.74, 6) is 0.591. The van der Waals surface area contributed by atoms with Gasteiger partial charge in [0.15, 0.2) is 6.61 Å². The summed E-state index contributed by atoms with van der Waals surface area (Å²) in [5.41, 5.74) is 0.183. The van der Waals surface area contributed by atoms with Crippen molar-refractivity contribution in [3.8, 4) is 0 Å². The number of halogens is 1. The lowest BCUT2D eigenvalue weighted by molar-refractivity contribution is -0.197. The summed E-state index contributed by atoms with van der Waals surface area (Å²) in [4.78, 5) is 26.4. The number of ether oxygens (including phenoxy) is 1. The molecule has 3 atom stereocenters. The molecule has 1 N–H and O–H groups in total. The first-order chi connectivity index (χ1) is 16.3. The first kappa shape index (κ1) is 21.9. The molecule has 4 bridgehead atoms. The SMILES string of the molecule is O=C(COC(=O)C12C[C@@H]3C[C@H](CC(O)(C3)C1)C2)N1N=C(c2ccc(Cl)cc2)C[C@@H]1c1ccco1. The minimum atomic E-state index is -0.760. The molecule has 178 valence electrons. The van der Waals surface area contributed by atoms with Gasteiger partial charge in [-0.1, -0.05) is 23.7 Å². The van der Waals surface area contributed by atoms with Gasteiger partial charge in [0.25, 0.3) is 5.91 Å². The summed E-state index contributed by atoms with van der Waals surface area (Å²) in [6.45, 7) is -0.386. The number of furan rings is 1. The number of rotatable bonds is 5. The van der Waals surface area contributed by atoms with Gasteiger partial charge in [-0.15, -0.1) is 0 Å². The first-order valence-electron chi connectivity index (χ1n) is 11.9. The maximum atomic E-state index is 13.2. The number of nitrogens with zero attached hydrogens (tertiary/aromatic N) is 2. The van der Waals surface area contributed by atoms with Crippen molar-refractivity contribution in [1.82, 2.24) is 5.01 Å². The fourth-order valence-electron chi connectivity index (χ4n) is 7.06. The lowest BCUT2D eigenvalue weighted by Gasteiger charge is -2.58. The Morgan fingerprint density at radius 1 is 1.15 bits per heavy atom. The normalized spacial score (nSPS) is 33.8. The van der Waals surface area contributed by atoms with Crippen LogP contribution in [0.5, 0.6) is 0 Å². The summed E-state index contributed by atoms with van der Waals surface area (Å²) in [7, 11) is 0. The Hall–Kier alpha value is -2.64. The second kappa shape index (κ2) is 7.95. The molecule has 0 saturated heterocycles. The molecule has 2 heterocycles. The van der Waals surface area contributed by atoms with Crippen molar-refractivity contribution in [2.75, 3.05) is 6.61 Å². The van der Waals surface area contributed by atoms with Gasteiger partial charge in [0.2, 0.25) is 0 Å². The first-order valence-corrected chi connectivity index (χ1v) is 12.3. The molecule has 0 radical (unpaired) electrons. The minimum Gasteiger partial charge on any atom is -0.467 e. The molecule has 0 spiro atoms. The zero-order valence-corrected chi connectivity index (χ0v) is 19.5. The van der Waals surface area contributed by atoms with E-state index in [1.54, 1.807) is 24.5 Å². The number of benzene rings is 1. The van der Waals surface area contributed by atoms with Crippen LogP contribution in [-0.4, -0.2) is 39.9 Å². The van der Waals surface area contributed by atoms with Gasteiger partial charge in [-0.05, 0) is 80.2 Å². The number of amides is 1. The molecule has 1 aromatic carbocycles. The molecular formula is C26H27ClN2O5. The van der Waals surface area contributed by atoms with E-state index in [0.29, 0.717) is 35.5 Å². The Morgan fingerprint density at radius 3 is 2.53 bits per heavy atom. The van der Waals surface area contributed by atoms with Gasteiger partial charge in [0.05, 0.1) is 23.0 Å². The Labute approximate surface area is 202 Å². The van der Waals surface area contributed by atoms with Crippen molar-refractivity contribution in [3.05, 3.63) is 59.0 Å². The fraction of sp³-hybridized carbons (Fsp3) is 0.500. The number of carbonyl (C=O) groups is 2. The van der Waals surface area contributed by atoms with E-state index in [4.69, 9.17) is 20.8 Å². The maximum absolute atomic E-state index is 13.2. The molecule has 7 rings (SSSR count). The van der Waals surface area contributed by atoms with Gasteiger partial charge >= 0.3 is 5.97 Å². The quantitative estimate of drug-likeness (QED) is 0.634. The highest BCUT2D eigenvalue weighted by molar-refractivity contribution is 6.30. The van der Waals surface area contributed by atoms with Gasteiger partial charge in [0, 0.05) is 11.4 Å². The second-order valence-electron chi connectivity index (χ2n) is 10.6. The molecule has 34 heavy (non-hydrogen) atoms. The predicted octanol–water partition coefficient (Wildman–Crippen LogP) is 4.49. The second-order valence-corrected chi connectivity index (χ2v) is 11.0. The molecule has 2 aromatic rings. The van der Waals surface area contributed by atoms with E-state index >= 15 is 0 Å². The van der Waals surface area contributed by atoms with E-state index in [2.05, 4.69) is 5.10 Å². The number of hydrogen-bond acceptors (Lipinski definition) is 6. The molecule has 8 heteroatoms. The summed E-state index contributed by atoms with van der Waals surface area (Å²) < 4.78 is 11.2. The van der Waals surface area contributed by atoms with Crippen molar-refractivity contribution >= 4 is 29.2 Å². The van der Waals surface area contributed by atoms with Crippen LogP contribution in [0, 0.1) is 17.3 Å². The molecular weight excluding hydrogens is 456 g/mol. The number of hydrogen-bond donors (Lipinski definition) is 1. The Bertz CT molecular complexity index is 1130. The van der Waals surface area contributed by atoms with E-state index in [1.807, 2.05) is 18.2 Å². The van der Waals surface area contributed by atoms with Gasteiger partial charge < -0.3 is 14.3 Å². The van der Waals surface area contributed by atoms with Crippen LogP contribution in [0.25, 0.3) is 0 Å². The van der Waals surface area contributed by atoms with Crippen molar-refractivity contribution < 1.29 is 23.8 Å². The van der Waals surface area contributed by atoms with E-state index in [1.165, 1.54) is 5.01 Å². The fourth-order valence-corrected chi connectivity index (χ4v) is 7.19. The van der Waals surface area contributed by atoms with Crippen molar-refractivity contribution in [2.45, 2.75) is 56.6 Å². The van der Waals surface area contributed by atoms with E-state index in [-0.39, 0.29) is 12.6 Å². The Morgan fingerprint density at radius 2 is 1.88 bits per heavy atom. The summed E-state index contributed by atoms with van der Waals surface area (Å²) in [6, 6.07) is 10.5. The number of carbonyl (C=O) groups excluding carboxylic acids is 2. The van der Waals surface area contributed by atoms with Crippen LogP contribution < -0.4 is 0 Å². The monoisotopic (exact) mass is 482 g/mol. The average molecular weight is 483 g/mol. The summed E-state index contributed by atoms with van der Waals surface area (Å²) >= 11 is 6.02. The van der Waals surface area contributed by atoms with Crippen LogP contribution >= 0.6 is 11.6 Å². The van der Waals surface area contributed by atoms with Crippen LogP contribution in [0.4, 0.5) is 0 Å². The number of aliphatic hydroxyl groups is 1. The highest BCUT2D eigenvalue weighted by atomic mass is 35.5. The minimum absolute atomic E-state index is 0.357. The van der Waals surface area contributed by atoms with Crippen LogP contribution in [0.3, 0.4) is 0 Å². The number of hydrazone groups is 1. The summed E-state index contributed by atoms with van der Waals surface area (Å²) in [5, 5.41) is 17.5.